The lowest BCUT2D eigenvalue weighted by molar-refractivity contribution is 0.0693. The Kier molecular flexibility index (Phi) is 3.56. The summed E-state index contributed by atoms with van der Waals surface area (Å²) in [6, 6.07) is 9.18. The molecule has 0 radical (unpaired) electrons. The number of benzene rings is 1. The normalized spacial score (nSPS) is 9.95. The lowest BCUT2D eigenvalue weighted by atomic mass is 9.99. The number of carbonyl (C=O) groups excluding carboxylic acids is 1. The van der Waals surface area contributed by atoms with Gasteiger partial charge >= 0.3 is 5.97 Å². The van der Waals surface area contributed by atoms with Crippen molar-refractivity contribution in [3.05, 3.63) is 59.3 Å². The molecule has 0 aliphatic carbocycles. The van der Waals surface area contributed by atoms with E-state index in [1.807, 2.05) is 0 Å². The van der Waals surface area contributed by atoms with Gasteiger partial charge in [0, 0.05) is 23.4 Å². The third-order valence-electron chi connectivity index (χ3n) is 2.61. The van der Waals surface area contributed by atoms with Crippen molar-refractivity contribution in [3.63, 3.8) is 0 Å². The number of hydrogen-bond donors (Lipinski definition) is 1. The van der Waals surface area contributed by atoms with Crippen molar-refractivity contribution < 1.29 is 19.4 Å². The van der Waals surface area contributed by atoms with Gasteiger partial charge < -0.3 is 9.84 Å². The van der Waals surface area contributed by atoms with E-state index in [1.54, 1.807) is 24.3 Å². The average Bonchev–Trinajstić information content (AvgIpc) is 2.46. The van der Waals surface area contributed by atoms with Crippen molar-refractivity contribution in [3.8, 4) is 5.88 Å². The largest absolute Gasteiger partial charge is 0.481 e. The Hall–Kier alpha value is -2.69. The molecule has 5 heteroatoms. The summed E-state index contributed by atoms with van der Waals surface area (Å²) in [7, 11) is 1.48. The number of hydrogen-bond acceptors (Lipinski definition) is 4. The number of carboxylic acids is 1. The smallest absolute Gasteiger partial charge is 0.336 e. The molecule has 0 saturated heterocycles. The second kappa shape index (κ2) is 5.30. The number of aromatic nitrogens is 1. The fourth-order valence-corrected chi connectivity index (χ4v) is 1.66. The maximum Gasteiger partial charge on any atom is 0.336 e. The molecular formula is C14H11NO4. The Morgan fingerprint density at radius 1 is 1.11 bits per heavy atom. The van der Waals surface area contributed by atoms with Crippen LogP contribution in [0.25, 0.3) is 0 Å². The van der Waals surface area contributed by atoms with Gasteiger partial charge in [0.2, 0.25) is 5.88 Å². The van der Waals surface area contributed by atoms with E-state index in [4.69, 9.17) is 9.84 Å². The molecule has 0 unspecified atom stereocenters. The van der Waals surface area contributed by atoms with Crippen molar-refractivity contribution in [2.75, 3.05) is 7.11 Å². The predicted octanol–water partition coefficient (Wildman–Crippen LogP) is 2.02. The number of nitrogens with zero attached hydrogens (tertiary/aromatic N) is 1. The quantitative estimate of drug-likeness (QED) is 0.848. The van der Waals surface area contributed by atoms with Gasteiger partial charge in [-0.05, 0) is 12.1 Å². The van der Waals surface area contributed by atoms with E-state index in [2.05, 4.69) is 4.98 Å². The maximum absolute atomic E-state index is 12.2. The van der Waals surface area contributed by atoms with Crippen LogP contribution in [0.5, 0.6) is 5.88 Å². The number of ketones is 1. The molecule has 0 spiro atoms. The Labute approximate surface area is 109 Å². The molecular weight excluding hydrogens is 246 g/mol. The molecule has 2 rings (SSSR count). The second-order valence-electron chi connectivity index (χ2n) is 3.77. The summed E-state index contributed by atoms with van der Waals surface area (Å²) in [6.45, 7) is 0. The van der Waals surface area contributed by atoms with Crippen LogP contribution in [-0.4, -0.2) is 29.0 Å². The lowest BCUT2D eigenvalue weighted by Crippen LogP contribution is -2.09. The van der Waals surface area contributed by atoms with Crippen LogP contribution in [0.15, 0.2) is 42.6 Å². The third kappa shape index (κ3) is 2.60. The Balaban J connectivity index is 2.41. The fourth-order valence-electron chi connectivity index (χ4n) is 1.66. The Morgan fingerprint density at radius 3 is 2.32 bits per heavy atom. The first-order chi connectivity index (χ1) is 9.13. The SMILES string of the molecule is COc1ccc(C(=O)c2ccccc2C(=O)O)cn1. The first kappa shape index (κ1) is 12.8. The van der Waals surface area contributed by atoms with Crippen molar-refractivity contribution in [1.29, 1.82) is 0 Å². The molecule has 0 aliphatic heterocycles. The molecule has 96 valence electrons. The van der Waals surface area contributed by atoms with E-state index in [0.29, 0.717) is 11.4 Å². The van der Waals surface area contributed by atoms with E-state index < -0.39 is 5.97 Å². The summed E-state index contributed by atoms with van der Waals surface area (Å²) in [5, 5.41) is 9.06. The van der Waals surface area contributed by atoms with Crippen molar-refractivity contribution in [2.45, 2.75) is 0 Å². The number of pyridine rings is 1. The van der Waals surface area contributed by atoms with Crippen LogP contribution in [0, 0.1) is 0 Å². The van der Waals surface area contributed by atoms with Crippen LogP contribution in [0.1, 0.15) is 26.3 Å². The molecule has 1 aromatic heterocycles. The van der Waals surface area contributed by atoms with E-state index >= 15 is 0 Å². The van der Waals surface area contributed by atoms with Gasteiger partial charge in [0.15, 0.2) is 5.78 Å². The van der Waals surface area contributed by atoms with Crippen LogP contribution >= 0.6 is 0 Å². The minimum absolute atomic E-state index is 0.0247. The van der Waals surface area contributed by atoms with Gasteiger partial charge in [-0.2, -0.15) is 0 Å². The molecule has 1 aromatic carbocycles. The van der Waals surface area contributed by atoms with Crippen LogP contribution in [0.4, 0.5) is 0 Å². The highest BCUT2D eigenvalue weighted by atomic mass is 16.5. The van der Waals surface area contributed by atoms with Crippen molar-refractivity contribution in [2.24, 2.45) is 0 Å². The summed E-state index contributed by atoms with van der Waals surface area (Å²) in [5.74, 6) is -1.12. The van der Waals surface area contributed by atoms with Crippen LogP contribution in [0.2, 0.25) is 0 Å². The summed E-state index contributed by atoms with van der Waals surface area (Å²) in [4.78, 5) is 27.2. The van der Waals surface area contributed by atoms with Crippen LogP contribution < -0.4 is 4.74 Å². The van der Waals surface area contributed by atoms with Crippen LogP contribution in [-0.2, 0) is 0 Å². The molecule has 0 fully saturated rings. The average molecular weight is 257 g/mol. The molecule has 19 heavy (non-hydrogen) atoms. The van der Waals surface area contributed by atoms with Gasteiger partial charge in [-0.25, -0.2) is 9.78 Å². The summed E-state index contributed by atoms with van der Waals surface area (Å²) in [6.07, 6.45) is 1.36. The van der Waals surface area contributed by atoms with Gasteiger partial charge in [0.05, 0.1) is 12.7 Å². The van der Waals surface area contributed by atoms with Gasteiger partial charge in [-0.15, -0.1) is 0 Å². The van der Waals surface area contributed by atoms with Crippen molar-refractivity contribution >= 4 is 11.8 Å². The van der Waals surface area contributed by atoms with Crippen LogP contribution in [0.3, 0.4) is 0 Å². The first-order valence-electron chi connectivity index (χ1n) is 5.50. The lowest BCUT2D eigenvalue weighted by Gasteiger charge is -2.05. The molecule has 0 aliphatic rings. The summed E-state index contributed by atoms with van der Waals surface area (Å²) in [5.41, 5.74) is 0.430. The topological polar surface area (TPSA) is 76.5 Å². The second-order valence-corrected chi connectivity index (χ2v) is 3.77. The monoisotopic (exact) mass is 257 g/mol. The maximum atomic E-state index is 12.2. The van der Waals surface area contributed by atoms with Gasteiger partial charge in [-0.3, -0.25) is 4.79 Å². The zero-order chi connectivity index (χ0) is 13.8. The highest BCUT2D eigenvalue weighted by Gasteiger charge is 2.17. The van der Waals surface area contributed by atoms with Gasteiger partial charge in [-0.1, -0.05) is 18.2 Å². The van der Waals surface area contributed by atoms with E-state index in [-0.39, 0.29) is 16.9 Å². The molecule has 0 bridgehead atoms. The Bertz CT molecular complexity index is 620. The van der Waals surface area contributed by atoms with E-state index in [1.165, 1.54) is 25.4 Å². The van der Waals surface area contributed by atoms with E-state index in [0.717, 1.165) is 0 Å². The standard InChI is InChI=1S/C14H11NO4/c1-19-12-7-6-9(8-15-12)13(16)10-4-2-3-5-11(10)14(17)18/h2-8H,1H3,(H,17,18). The highest BCUT2D eigenvalue weighted by Crippen LogP contribution is 2.15. The zero-order valence-electron chi connectivity index (χ0n) is 10.2. The minimum atomic E-state index is -1.13. The minimum Gasteiger partial charge on any atom is -0.481 e. The predicted molar refractivity (Wildman–Crippen MR) is 67.6 cm³/mol. The fraction of sp³-hybridized carbons (Fsp3) is 0.0714. The molecule has 0 amide bonds. The number of ether oxygens (including phenoxy) is 1. The molecule has 1 heterocycles. The summed E-state index contributed by atoms with van der Waals surface area (Å²) < 4.78 is 4.90. The molecule has 1 N–H and O–H groups in total. The number of aromatic carboxylic acids is 1. The third-order valence-corrected chi connectivity index (χ3v) is 2.61. The number of carbonyl (C=O) groups is 2. The van der Waals surface area contributed by atoms with E-state index in [9.17, 15) is 9.59 Å². The van der Waals surface area contributed by atoms with Gasteiger partial charge in [0.1, 0.15) is 0 Å². The highest BCUT2D eigenvalue weighted by molar-refractivity contribution is 6.14. The zero-order valence-corrected chi connectivity index (χ0v) is 10.2. The number of rotatable bonds is 4. The molecule has 0 atom stereocenters. The molecule has 5 nitrogen and oxygen atoms in total. The number of methoxy groups -OCH3 is 1. The molecule has 0 saturated carbocycles. The molecule has 2 aromatic rings. The summed E-state index contributed by atoms with van der Waals surface area (Å²) >= 11 is 0. The first-order valence-corrected chi connectivity index (χ1v) is 5.50. The number of carboxylic acid groups (broad SMARTS) is 1. The van der Waals surface area contributed by atoms with Crippen molar-refractivity contribution in [1.82, 2.24) is 4.98 Å². The Morgan fingerprint density at radius 2 is 1.79 bits per heavy atom. The van der Waals surface area contributed by atoms with Gasteiger partial charge in [0.25, 0.3) is 0 Å².